The van der Waals surface area contributed by atoms with Crippen LogP contribution in [0.3, 0.4) is 0 Å². The average Bonchev–Trinajstić information content (AvgIpc) is 2.38. The first kappa shape index (κ1) is 15.1. The first-order valence-electron chi connectivity index (χ1n) is 6.35. The summed E-state index contributed by atoms with van der Waals surface area (Å²) in [5.74, 6) is -0.260. The van der Waals surface area contributed by atoms with Crippen LogP contribution in [-0.4, -0.2) is 12.6 Å². The van der Waals surface area contributed by atoms with Gasteiger partial charge in [-0.05, 0) is 49.4 Å². The van der Waals surface area contributed by atoms with Gasteiger partial charge in [0.15, 0.2) is 0 Å². The number of esters is 1. The second-order valence-corrected chi connectivity index (χ2v) is 4.41. The smallest absolute Gasteiger partial charge is 0.305 e. The predicted octanol–water partition coefficient (Wildman–Crippen LogP) is 4.00. The number of carbonyl (C=O) groups excluding carboxylic acids is 1. The van der Waals surface area contributed by atoms with Crippen LogP contribution in [0.2, 0.25) is 0 Å². The predicted molar refractivity (Wildman–Crippen MR) is 73.7 cm³/mol. The Bertz CT molecular complexity index is 493. The maximum atomic E-state index is 11.3. The lowest BCUT2D eigenvalue weighted by Gasteiger charge is -2.12. The van der Waals surface area contributed by atoms with Crippen molar-refractivity contribution in [1.82, 2.24) is 0 Å². The number of ether oxygens (including phenoxy) is 1. The fourth-order valence-corrected chi connectivity index (χ4v) is 1.81. The normalized spacial score (nSPS) is 11.5. The fourth-order valence-electron chi connectivity index (χ4n) is 1.81. The van der Waals surface area contributed by atoms with Crippen LogP contribution in [0, 0.1) is 13.8 Å². The molecule has 1 atom stereocenters. The molecular formula is C14H19N3O2. The molecule has 0 bridgehead atoms. The zero-order valence-electron chi connectivity index (χ0n) is 11.6. The number of hydrogen-bond donors (Lipinski definition) is 0. The minimum Gasteiger partial charge on any atom is -0.466 e. The summed E-state index contributed by atoms with van der Waals surface area (Å²) in [6.45, 7) is 6.18. The molecule has 5 heteroatoms. The van der Waals surface area contributed by atoms with Crippen LogP contribution in [0.5, 0.6) is 0 Å². The lowest BCUT2D eigenvalue weighted by Crippen LogP contribution is -2.06. The van der Waals surface area contributed by atoms with Crippen LogP contribution in [0.4, 0.5) is 0 Å². The van der Waals surface area contributed by atoms with Crippen molar-refractivity contribution in [3.05, 3.63) is 45.3 Å². The van der Waals surface area contributed by atoms with E-state index in [1.165, 1.54) is 5.56 Å². The summed E-state index contributed by atoms with van der Waals surface area (Å²) in [6.07, 6.45) is 0.718. The molecule has 1 rings (SSSR count). The number of aryl methyl sites for hydroxylation is 2. The molecule has 0 spiro atoms. The van der Waals surface area contributed by atoms with Gasteiger partial charge in [0, 0.05) is 11.3 Å². The van der Waals surface area contributed by atoms with Crippen LogP contribution < -0.4 is 0 Å². The molecule has 0 N–H and O–H groups in total. The minimum absolute atomic E-state index is 0.254. The molecule has 0 saturated heterocycles. The molecule has 0 aliphatic heterocycles. The minimum atomic E-state index is -0.325. The van der Waals surface area contributed by atoms with Crippen molar-refractivity contribution in [2.24, 2.45) is 5.11 Å². The van der Waals surface area contributed by atoms with Crippen LogP contribution in [-0.2, 0) is 9.53 Å². The molecule has 0 aliphatic carbocycles. The molecule has 5 nitrogen and oxygen atoms in total. The van der Waals surface area contributed by atoms with Crippen molar-refractivity contribution in [2.45, 2.75) is 39.7 Å². The summed E-state index contributed by atoms with van der Waals surface area (Å²) < 4.78 is 4.88. The van der Waals surface area contributed by atoms with E-state index in [1.807, 2.05) is 32.0 Å². The van der Waals surface area contributed by atoms with Crippen molar-refractivity contribution < 1.29 is 9.53 Å². The summed E-state index contributed by atoms with van der Waals surface area (Å²) in [5.41, 5.74) is 11.9. The number of benzene rings is 1. The lowest BCUT2D eigenvalue weighted by molar-refractivity contribution is -0.143. The Balaban J connectivity index is 2.79. The molecule has 0 heterocycles. The molecule has 19 heavy (non-hydrogen) atoms. The van der Waals surface area contributed by atoms with Crippen LogP contribution >= 0.6 is 0 Å². The van der Waals surface area contributed by atoms with E-state index in [1.54, 1.807) is 6.92 Å². The second-order valence-electron chi connectivity index (χ2n) is 4.41. The zero-order valence-corrected chi connectivity index (χ0v) is 11.6. The molecule has 0 saturated carbocycles. The molecule has 1 aromatic rings. The number of carbonyl (C=O) groups is 1. The molecular weight excluding hydrogens is 242 g/mol. The SMILES string of the molecule is CCOC(=O)CCC(N=[N+]=[N-])c1ccc(C)c(C)c1. The highest BCUT2D eigenvalue weighted by Crippen LogP contribution is 2.25. The van der Waals surface area contributed by atoms with Gasteiger partial charge in [-0.2, -0.15) is 0 Å². The Kier molecular flexibility index (Phi) is 5.90. The zero-order chi connectivity index (χ0) is 14.3. The average molecular weight is 261 g/mol. The van der Waals surface area contributed by atoms with E-state index in [2.05, 4.69) is 10.0 Å². The molecule has 0 amide bonds. The van der Waals surface area contributed by atoms with Crippen LogP contribution in [0.15, 0.2) is 23.3 Å². The Hall–Kier alpha value is -2.00. The lowest BCUT2D eigenvalue weighted by atomic mass is 9.98. The molecule has 1 unspecified atom stereocenters. The van der Waals surface area contributed by atoms with Gasteiger partial charge in [-0.1, -0.05) is 23.3 Å². The molecule has 0 fully saturated rings. The van der Waals surface area contributed by atoms with Gasteiger partial charge < -0.3 is 4.74 Å². The Morgan fingerprint density at radius 3 is 2.74 bits per heavy atom. The third-order valence-electron chi connectivity index (χ3n) is 3.03. The quantitative estimate of drug-likeness (QED) is 0.336. The first-order valence-corrected chi connectivity index (χ1v) is 6.35. The third kappa shape index (κ3) is 4.64. The third-order valence-corrected chi connectivity index (χ3v) is 3.03. The fraction of sp³-hybridized carbons (Fsp3) is 0.500. The summed E-state index contributed by atoms with van der Waals surface area (Å²) in [5, 5.41) is 3.77. The molecule has 0 radical (unpaired) electrons. The first-order chi connectivity index (χ1) is 9.08. The van der Waals surface area contributed by atoms with Gasteiger partial charge in [-0.3, -0.25) is 4.79 Å². The Morgan fingerprint density at radius 2 is 2.16 bits per heavy atom. The highest BCUT2D eigenvalue weighted by atomic mass is 16.5. The van der Waals surface area contributed by atoms with Crippen molar-refractivity contribution in [2.75, 3.05) is 6.61 Å². The van der Waals surface area contributed by atoms with Crippen molar-refractivity contribution in [3.8, 4) is 0 Å². The Labute approximate surface area is 113 Å². The van der Waals surface area contributed by atoms with Gasteiger partial charge >= 0.3 is 5.97 Å². The maximum Gasteiger partial charge on any atom is 0.305 e. The van der Waals surface area contributed by atoms with Gasteiger partial charge in [-0.25, -0.2) is 0 Å². The summed E-state index contributed by atoms with van der Waals surface area (Å²) in [4.78, 5) is 14.2. The maximum absolute atomic E-state index is 11.3. The van der Waals surface area contributed by atoms with Gasteiger partial charge in [-0.15, -0.1) is 0 Å². The van der Waals surface area contributed by atoms with Gasteiger partial charge in [0.05, 0.1) is 12.6 Å². The molecule has 0 aliphatic rings. The van der Waals surface area contributed by atoms with Crippen molar-refractivity contribution in [1.29, 1.82) is 0 Å². The topological polar surface area (TPSA) is 75.1 Å². The highest BCUT2D eigenvalue weighted by Gasteiger charge is 2.13. The van der Waals surface area contributed by atoms with Gasteiger partial charge in [0.25, 0.3) is 0 Å². The number of nitrogens with zero attached hydrogens (tertiary/aromatic N) is 3. The summed E-state index contributed by atoms with van der Waals surface area (Å²) >= 11 is 0. The van der Waals surface area contributed by atoms with Gasteiger partial charge in [0.1, 0.15) is 0 Å². The number of rotatable bonds is 6. The van der Waals surface area contributed by atoms with Crippen molar-refractivity contribution >= 4 is 5.97 Å². The summed E-state index contributed by atoms with van der Waals surface area (Å²) in [6, 6.07) is 5.61. The molecule has 1 aromatic carbocycles. The van der Waals surface area contributed by atoms with E-state index in [4.69, 9.17) is 10.3 Å². The van der Waals surface area contributed by atoms with Crippen LogP contribution in [0.1, 0.15) is 42.5 Å². The van der Waals surface area contributed by atoms with Crippen LogP contribution in [0.25, 0.3) is 10.4 Å². The van der Waals surface area contributed by atoms with E-state index >= 15 is 0 Å². The summed E-state index contributed by atoms with van der Waals surface area (Å²) in [7, 11) is 0. The monoisotopic (exact) mass is 261 g/mol. The van der Waals surface area contributed by atoms with E-state index in [0.717, 1.165) is 11.1 Å². The molecule has 0 aromatic heterocycles. The van der Waals surface area contributed by atoms with E-state index in [-0.39, 0.29) is 18.4 Å². The van der Waals surface area contributed by atoms with Gasteiger partial charge in [0.2, 0.25) is 0 Å². The molecule has 102 valence electrons. The second kappa shape index (κ2) is 7.44. The highest BCUT2D eigenvalue weighted by molar-refractivity contribution is 5.69. The van der Waals surface area contributed by atoms with E-state index in [0.29, 0.717) is 13.0 Å². The standard InChI is InChI=1S/C14H19N3O2/c1-4-19-14(18)8-7-13(16-17-15)12-6-5-10(2)11(3)9-12/h5-6,9,13H,4,7-8H2,1-3H3. The number of azide groups is 1. The van der Waals surface area contributed by atoms with E-state index in [9.17, 15) is 4.79 Å². The van der Waals surface area contributed by atoms with Crippen molar-refractivity contribution in [3.63, 3.8) is 0 Å². The number of hydrogen-bond acceptors (Lipinski definition) is 3. The van der Waals surface area contributed by atoms with E-state index < -0.39 is 0 Å². The Morgan fingerprint density at radius 1 is 1.42 bits per heavy atom. The largest absolute Gasteiger partial charge is 0.466 e.